The van der Waals surface area contributed by atoms with Gasteiger partial charge >= 0.3 is 0 Å². The Kier molecular flexibility index (Phi) is 8.12. The summed E-state index contributed by atoms with van der Waals surface area (Å²) in [5.41, 5.74) is 0. The van der Waals surface area contributed by atoms with Crippen LogP contribution in [0.15, 0.2) is 0 Å². The van der Waals surface area contributed by atoms with Gasteiger partial charge in [0.2, 0.25) is 5.91 Å². The number of hydrogen-bond acceptors (Lipinski definition) is 3. The first kappa shape index (κ1) is 16.8. The third-order valence-corrected chi connectivity index (χ3v) is 4.73. The number of carbonyl (C=O) groups is 1. The van der Waals surface area contributed by atoms with Crippen LogP contribution in [0.25, 0.3) is 0 Å². The molecule has 1 saturated carbocycles. The summed E-state index contributed by atoms with van der Waals surface area (Å²) in [5, 5.41) is 6.39. The molecular formula is C17H32N2O2. The Morgan fingerprint density at radius 1 is 1.05 bits per heavy atom. The summed E-state index contributed by atoms with van der Waals surface area (Å²) < 4.78 is 5.84. The second kappa shape index (κ2) is 10.2. The van der Waals surface area contributed by atoms with Crippen LogP contribution in [-0.4, -0.2) is 38.3 Å². The average molecular weight is 296 g/mol. The molecule has 2 N–H and O–H groups in total. The van der Waals surface area contributed by atoms with E-state index >= 15 is 0 Å². The van der Waals surface area contributed by atoms with Gasteiger partial charge in [-0.3, -0.25) is 4.79 Å². The zero-order chi connectivity index (χ0) is 14.8. The lowest BCUT2D eigenvalue weighted by atomic mass is 9.96. The van der Waals surface area contributed by atoms with Gasteiger partial charge in [-0.1, -0.05) is 25.7 Å². The van der Waals surface area contributed by atoms with Crippen molar-refractivity contribution in [3.8, 4) is 0 Å². The highest BCUT2D eigenvalue weighted by Crippen LogP contribution is 2.25. The van der Waals surface area contributed by atoms with Gasteiger partial charge < -0.3 is 15.4 Å². The van der Waals surface area contributed by atoms with Gasteiger partial charge in [-0.05, 0) is 51.1 Å². The number of carbonyl (C=O) groups excluding carboxylic acids is 1. The largest absolute Gasteiger partial charge is 0.378 e. The van der Waals surface area contributed by atoms with Crippen LogP contribution < -0.4 is 10.6 Å². The number of ether oxygens (including phenoxy) is 1. The summed E-state index contributed by atoms with van der Waals surface area (Å²) in [7, 11) is 0. The first-order chi connectivity index (χ1) is 10.3. The lowest BCUT2D eigenvalue weighted by Gasteiger charge is -2.22. The van der Waals surface area contributed by atoms with E-state index in [1.54, 1.807) is 0 Å². The Balaban J connectivity index is 1.46. The molecule has 4 nitrogen and oxygen atoms in total. The summed E-state index contributed by atoms with van der Waals surface area (Å²) in [5.74, 6) is 0.863. The number of piperidine rings is 1. The van der Waals surface area contributed by atoms with E-state index in [-0.39, 0.29) is 5.91 Å². The molecule has 0 spiro atoms. The van der Waals surface area contributed by atoms with Crippen LogP contribution in [-0.2, 0) is 9.53 Å². The van der Waals surface area contributed by atoms with E-state index in [1.807, 2.05) is 0 Å². The SMILES string of the molecule is O=C(CC1CCCCCC1)NCCCOC1CCNCC1. The highest BCUT2D eigenvalue weighted by atomic mass is 16.5. The van der Waals surface area contributed by atoms with Crippen LogP contribution in [0.2, 0.25) is 0 Å². The maximum atomic E-state index is 11.9. The Morgan fingerprint density at radius 3 is 2.48 bits per heavy atom. The summed E-state index contributed by atoms with van der Waals surface area (Å²) in [6.45, 7) is 3.68. The van der Waals surface area contributed by atoms with Gasteiger partial charge in [-0.15, -0.1) is 0 Å². The summed E-state index contributed by atoms with van der Waals surface area (Å²) >= 11 is 0. The molecule has 1 saturated heterocycles. The van der Waals surface area contributed by atoms with Crippen LogP contribution >= 0.6 is 0 Å². The van der Waals surface area contributed by atoms with E-state index in [2.05, 4.69) is 10.6 Å². The second-order valence-electron chi connectivity index (χ2n) is 6.59. The first-order valence-electron chi connectivity index (χ1n) is 8.93. The predicted octanol–water partition coefficient (Wildman–Crippen LogP) is 2.62. The number of rotatable bonds is 7. The van der Waals surface area contributed by atoms with E-state index in [4.69, 9.17) is 4.74 Å². The van der Waals surface area contributed by atoms with Gasteiger partial charge in [0.25, 0.3) is 0 Å². The molecule has 4 heteroatoms. The van der Waals surface area contributed by atoms with E-state index in [0.29, 0.717) is 12.0 Å². The van der Waals surface area contributed by atoms with E-state index in [9.17, 15) is 4.79 Å². The van der Waals surface area contributed by atoms with Crippen molar-refractivity contribution in [2.75, 3.05) is 26.2 Å². The van der Waals surface area contributed by atoms with Crippen molar-refractivity contribution in [3.63, 3.8) is 0 Å². The Bertz CT molecular complexity index is 283. The normalized spacial score (nSPS) is 21.9. The molecule has 0 unspecified atom stereocenters. The van der Waals surface area contributed by atoms with Crippen LogP contribution in [0.1, 0.15) is 64.2 Å². The minimum atomic E-state index is 0.240. The molecule has 21 heavy (non-hydrogen) atoms. The minimum Gasteiger partial charge on any atom is -0.378 e. The minimum absolute atomic E-state index is 0.240. The second-order valence-corrected chi connectivity index (χ2v) is 6.59. The Labute approximate surface area is 129 Å². The molecule has 1 amide bonds. The average Bonchev–Trinajstić information content (AvgIpc) is 2.76. The molecule has 2 aliphatic rings. The maximum Gasteiger partial charge on any atom is 0.220 e. The molecule has 1 aliphatic carbocycles. The van der Waals surface area contributed by atoms with Crippen molar-refractivity contribution in [1.82, 2.24) is 10.6 Å². The van der Waals surface area contributed by atoms with Gasteiger partial charge in [0.15, 0.2) is 0 Å². The Morgan fingerprint density at radius 2 is 1.76 bits per heavy atom. The molecule has 0 bridgehead atoms. The van der Waals surface area contributed by atoms with Gasteiger partial charge in [-0.25, -0.2) is 0 Å². The van der Waals surface area contributed by atoms with Crippen molar-refractivity contribution in [2.45, 2.75) is 70.3 Å². The quantitative estimate of drug-likeness (QED) is 0.561. The summed E-state index contributed by atoms with van der Waals surface area (Å²) in [6, 6.07) is 0. The van der Waals surface area contributed by atoms with Crippen LogP contribution in [0.4, 0.5) is 0 Å². The molecule has 0 atom stereocenters. The lowest BCUT2D eigenvalue weighted by molar-refractivity contribution is -0.122. The van der Waals surface area contributed by atoms with Crippen molar-refractivity contribution < 1.29 is 9.53 Å². The smallest absolute Gasteiger partial charge is 0.220 e. The Hall–Kier alpha value is -0.610. The van der Waals surface area contributed by atoms with Crippen LogP contribution in [0, 0.1) is 5.92 Å². The monoisotopic (exact) mass is 296 g/mol. The van der Waals surface area contributed by atoms with E-state index in [0.717, 1.165) is 51.9 Å². The lowest BCUT2D eigenvalue weighted by Crippen LogP contribution is -2.33. The van der Waals surface area contributed by atoms with E-state index in [1.165, 1.54) is 38.5 Å². The van der Waals surface area contributed by atoms with Crippen molar-refractivity contribution in [2.24, 2.45) is 5.92 Å². The van der Waals surface area contributed by atoms with Gasteiger partial charge in [0.1, 0.15) is 0 Å². The van der Waals surface area contributed by atoms with Gasteiger partial charge in [-0.2, -0.15) is 0 Å². The zero-order valence-corrected chi connectivity index (χ0v) is 13.4. The fourth-order valence-corrected chi connectivity index (χ4v) is 3.41. The molecule has 0 aromatic rings. The zero-order valence-electron chi connectivity index (χ0n) is 13.4. The van der Waals surface area contributed by atoms with Crippen molar-refractivity contribution in [3.05, 3.63) is 0 Å². The highest BCUT2D eigenvalue weighted by molar-refractivity contribution is 5.76. The summed E-state index contributed by atoms with van der Waals surface area (Å²) in [4.78, 5) is 11.9. The molecule has 0 radical (unpaired) electrons. The maximum absolute atomic E-state index is 11.9. The fourth-order valence-electron chi connectivity index (χ4n) is 3.41. The molecule has 1 aliphatic heterocycles. The predicted molar refractivity (Wildman–Crippen MR) is 85.3 cm³/mol. The standard InChI is InChI=1S/C17H32N2O2/c20-17(14-15-6-3-1-2-4-7-15)19-10-5-13-21-16-8-11-18-12-9-16/h15-16,18H,1-14H2,(H,19,20). The molecule has 2 fully saturated rings. The van der Waals surface area contributed by atoms with Crippen molar-refractivity contribution in [1.29, 1.82) is 0 Å². The topological polar surface area (TPSA) is 50.4 Å². The molecule has 2 rings (SSSR count). The third-order valence-electron chi connectivity index (χ3n) is 4.73. The molecule has 0 aromatic carbocycles. The van der Waals surface area contributed by atoms with E-state index < -0.39 is 0 Å². The number of nitrogens with one attached hydrogen (secondary N) is 2. The molecule has 0 aromatic heterocycles. The van der Waals surface area contributed by atoms with Crippen LogP contribution in [0.3, 0.4) is 0 Å². The highest BCUT2D eigenvalue weighted by Gasteiger charge is 2.16. The number of hydrogen-bond donors (Lipinski definition) is 2. The van der Waals surface area contributed by atoms with Crippen molar-refractivity contribution >= 4 is 5.91 Å². The third kappa shape index (κ3) is 7.28. The molecule has 1 heterocycles. The fraction of sp³-hybridized carbons (Fsp3) is 0.941. The van der Waals surface area contributed by atoms with Gasteiger partial charge in [0.05, 0.1) is 6.10 Å². The molecule has 122 valence electrons. The number of amides is 1. The van der Waals surface area contributed by atoms with Gasteiger partial charge in [0, 0.05) is 19.6 Å². The molecular weight excluding hydrogens is 264 g/mol. The summed E-state index contributed by atoms with van der Waals surface area (Å²) in [6.07, 6.45) is 12.1. The van der Waals surface area contributed by atoms with Crippen LogP contribution in [0.5, 0.6) is 0 Å². The first-order valence-corrected chi connectivity index (χ1v) is 8.93.